The number of aliphatic hydroxyl groups excluding tert-OH is 1. The molecule has 0 heterocycles. The maximum atomic E-state index is 8.53. The second-order valence-electron chi connectivity index (χ2n) is 2.74. The molecule has 0 aliphatic heterocycles. The Morgan fingerprint density at radius 1 is 1.67 bits per heavy atom. The van der Waals surface area contributed by atoms with Gasteiger partial charge in [-0.15, -0.1) is 0 Å². The van der Waals surface area contributed by atoms with Crippen molar-refractivity contribution in [3.63, 3.8) is 0 Å². The van der Waals surface area contributed by atoms with Gasteiger partial charge < -0.3 is 15.3 Å². The summed E-state index contributed by atoms with van der Waals surface area (Å²) in [5.41, 5.74) is 0.619. The van der Waals surface area contributed by atoms with Gasteiger partial charge in [-0.3, -0.25) is 0 Å². The molecule has 0 radical (unpaired) electrons. The third kappa shape index (κ3) is 3.20. The first-order valence-corrected chi connectivity index (χ1v) is 4.96. The number of nitrogens with one attached hydrogen (secondary N) is 1. The van der Waals surface area contributed by atoms with Crippen molar-refractivity contribution in [3.8, 4) is 0 Å². The maximum absolute atomic E-state index is 8.53. The zero-order valence-corrected chi connectivity index (χ0v) is 8.87. The van der Waals surface area contributed by atoms with Crippen molar-refractivity contribution in [1.82, 2.24) is 0 Å². The molecule has 4 heteroatoms. The summed E-state index contributed by atoms with van der Waals surface area (Å²) in [6.45, 7) is 0.437. The third-order valence-corrected chi connectivity index (χ3v) is 2.40. The molecule has 3 nitrogen and oxygen atoms in total. The first-order chi connectivity index (χ1) is 5.72. The summed E-state index contributed by atoms with van der Waals surface area (Å²) < 4.78 is 6.50. The van der Waals surface area contributed by atoms with E-state index in [0.29, 0.717) is 18.7 Å². The monoisotopic (exact) mass is 281 g/mol. The highest BCUT2D eigenvalue weighted by atomic mass is 127. The van der Waals surface area contributed by atoms with Gasteiger partial charge in [-0.25, -0.2) is 0 Å². The molecule has 0 saturated carbocycles. The van der Waals surface area contributed by atoms with Crippen LogP contribution in [0.4, 0.5) is 0 Å². The zero-order valence-electron chi connectivity index (χ0n) is 6.72. The van der Waals surface area contributed by atoms with Crippen LogP contribution in [-0.4, -0.2) is 30.1 Å². The Hall–Kier alpha value is 0.0600. The quantitative estimate of drug-likeness (QED) is 0.770. The van der Waals surface area contributed by atoms with Crippen LogP contribution in [0.3, 0.4) is 0 Å². The van der Waals surface area contributed by atoms with E-state index in [1.165, 1.54) is 0 Å². The van der Waals surface area contributed by atoms with Gasteiger partial charge in [0.25, 0.3) is 0 Å². The number of rotatable bonds is 3. The Morgan fingerprint density at radius 2 is 2.42 bits per heavy atom. The van der Waals surface area contributed by atoms with Crippen LogP contribution in [0.1, 0.15) is 12.8 Å². The van der Waals surface area contributed by atoms with Crippen molar-refractivity contribution < 1.29 is 9.84 Å². The molecule has 12 heavy (non-hydrogen) atoms. The summed E-state index contributed by atoms with van der Waals surface area (Å²) in [7, 11) is 0. The van der Waals surface area contributed by atoms with E-state index in [4.69, 9.17) is 15.3 Å². The fourth-order valence-corrected chi connectivity index (χ4v) is 2.05. The van der Waals surface area contributed by atoms with Crippen molar-refractivity contribution >= 4 is 28.3 Å². The van der Waals surface area contributed by atoms with E-state index in [-0.39, 0.29) is 12.7 Å². The molecule has 68 valence electrons. The van der Waals surface area contributed by atoms with Gasteiger partial charge in [0.15, 0.2) is 0 Å². The first-order valence-electron chi connectivity index (χ1n) is 3.88. The second kappa shape index (κ2) is 4.94. The minimum absolute atomic E-state index is 0.0596. The smallest absolute Gasteiger partial charge is 0.0701 e. The lowest BCUT2D eigenvalue weighted by atomic mass is 10.0. The standard InChI is InChI=1S/C8H12INO2/c9-6-3-7(10)5-8(4-6)12-2-1-11/h3,8,10-11H,1-2,4-5H2. The number of halogens is 1. The molecule has 0 bridgehead atoms. The van der Waals surface area contributed by atoms with E-state index >= 15 is 0 Å². The summed E-state index contributed by atoms with van der Waals surface area (Å²) in [5, 5.41) is 16.0. The highest BCUT2D eigenvalue weighted by Crippen LogP contribution is 2.23. The van der Waals surface area contributed by atoms with E-state index in [1.54, 1.807) is 0 Å². The number of aliphatic hydroxyl groups is 1. The average Bonchev–Trinajstić information content (AvgIpc) is 1.99. The van der Waals surface area contributed by atoms with Crippen molar-refractivity contribution in [2.75, 3.05) is 13.2 Å². The number of hydrogen-bond acceptors (Lipinski definition) is 3. The first kappa shape index (κ1) is 10.1. The summed E-state index contributed by atoms with van der Waals surface area (Å²) >= 11 is 2.22. The lowest BCUT2D eigenvalue weighted by molar-refractivity contribution is 0.0335. The molecule has 1 unspecified atom stereocenters. The molecule has 1 atom stereocenters. The molecule has 0 spiro atoms. The molecule has 0 aromatic rings. The van der Waals surface area contributed by atoms with E-state index in [0.717, 1.165) is 10.0 Å². The molecule has 0 aromatic carbocycles. The van der Waals surface area contributed by atoms with Crippen LogP contribution in [0.2, 0.25) is 0 Å². The maximum Gasteiger partial charge on any atom is 0.0701 e. The summed E-state index contributed by atoms with van der Waals surface area (Å²) in [5.74, 6) is 0. The van der Waals surface area contributed by atoms with E-state index in [1.807, 2.05) is 6.08 Å². The van der Waals surface area contributed by atoms with Gasteiger partial charge in [0, 0.05) is 18.6 Å². The van der Waals surface area contributed by atoms with Crippen LogP contribution in [0.5, 0.6) is 0 Å². The normalized spacial score (nSPS) is 24.0. The molecule has 0 fully saturated rings. The lowest BCUT2D eigenvalue weighted by Crippen LogP contribution is -2.21. The van der Waals surface area contributed by atoms with Gasteiger partial charge in [-0.05, 0) is 32.2 Å². The fourth-order valence-electron chi connectivity index (χ4n) is 1.18. The SMILES string of the molecule is N=C1C=C(I)CC(OCCO)C1. The minimum atomic E-state index is 0.0596. The molecule has 2 N–H and O–H groups in total. The molecule has 0 aromatic heterocycles. The van der Waals surface area contributed by atoms with Crippen LogP contribution >= 0.6 is 22.6 Å². The van der Waals surface area contributed by atoms with Gasteiger partial charge in [-0.1, -0.05) is 0 Å². The van der Waals surface area contributed by atoms with Gasteiger partial charge in [-0.2, -0.15) is 0 Å². The molecular weight excluding hydrogens is 269 g/mol. The molecule has 0 saturated heterocycles. The molecule has 1 aliphatic carbocycles. The topological polar surface area (TPSA) is 53.3 Å². The highest BCUT2D eigenvalue weighted by Gasteiger charge is 2.17. The summed E-state index contributed by atoms with van der Waals surface area (Å²) in [4.78, 5) is 0. The zero-order chi connectivity index (χ0) is 8.97. The predicted octanol–water partition coefficient (Wildman–Crippen LogP) is 1.50. The van der Waals surface area contributed by atoms with Crippen LogP contribution < -0.4 is 0 Å². The highest BCUT2D eigenvalue weighted by molar-refractivity contribution is 14.1. The van der Waals surface area contributed by atoms with Crippen LogP contribution in [0, 0.1) is 5.41 Å². The molecule has 1 aliphatic rings. The summed E-state index contributed by atoms with van der Waals surface area (Å²) in [6, 6.07) is 0. The Kier molecular flexibility index (Phi) is 4.17. The van der Waals surface area contributed by atoms with Crippen LogP contribution in [-0.2, 0) is 4.74 Å². The van der Waals surface area contributed by atoms with E-state index < -0.39 is 0 Å². The number of allylic oxidation sites excluding steroid dienone is 1. The van der Waals surface area contributed by atoms with E-state index in [2.05, 4.69) is 22.6 Å². The molecule has 0 amide bonds. The Morgan fingerprint density at radius 3 is 3.00 bits per heavy atom. The number of hydrogen-bond donors (Lipinski definition) is 2. The predicted molar refractivity (Wildman–Crippen MR) is 55.9 cm³/mol. The molecule has 1 rings (SSSR count). The van der Waals surface area contributed by atoms with Crippen molar-refractivity contribution in [1.29, 1.82) is 5.41 Å². The Balaban J connectivity index is 2.39. The van der Waals surface area contributed by atoms with Gasteiger partial charge >= 0.3 is 0 Å². The fraction of sp³-hybridized carbons (Fsp3) is 0.625. The van der Waals surface area contributed by atoms with Crippen LogP contribution in [0.25, 0.3) is 0 Å². The molecular formula is C8H12INO2. The Bertz CT molecular complexity index is 203. The van der Waals surface area contributed by atoms with Gasteiger partial charge in [0.2, 0.25) is 0 Å². The largest absolute Gasteiger partial charge is 0.394 e. The third-order valence-electron chi connectivity index (χ3n) is 1.65. The summed E-state index contributed by atoms with van der Waals surface area (Å²) in [6.07, 6.45) is 3.52. The van der Waals surface area contributed by atoms with E-state index in [9.17, 15) is 0 Å². The lowest BCUT2D eigenvalue weighted by Gasteiger charge is -2.20. The van der Waals surface area contributed by atoms with Gasteiger partial charge in [0.05, 0.1) is 19.3 Å². The van der Waals surface area contributed by atoms with Gasteiger partial charge in [0.1, 0.15) is 0 Å². The number of ether oxygens (including phenoxy) is 1. The van der Waals surface area contributed by atoms with Crippen LogP contribution in [0.15, 0.2) is 9.66 Å². The van der Waals surface area contributed by atoms with Crippen molar-refractivity contribution in [3.05, 3.63) is 9.66 Å². The van der Waals surface area contributed by atoms with Crippen molar-refractivity contribution in [2.24, 2.45) is 0 Å². The van der Waals surface area contributed by atoms with Crippen molar-refractivity contribution in [2.45, 2.75) is 18.9 Å². The minimum Gasteiger partial charge on any atom is -0.394 e. The Labute approximate surface area is 85.5 Å². The average molecular weight is 281 g/mol. The second-order valence-corrected chi connectivity index (χ2v) is 4.13.